The molecule has 0 saturated heterocycles. The predicted molar refractivity (Wildman–Crippen MR) is 54.3 cm³/mol. The number of carbonyl (C=O) groups excluding carboxylic acids is 1. The maximum atomic E-state index is 11.4. The standard InChI is InChI=1S/C11H15NO3/c1-7-3-4-8(15-7)11(5-6-11)9(12)10(13)14-2/h3-4,9H,5-6,12H2,1-2H3. The zero-order valence-corrected chi connectivity index (χ0v) is 8.95. The summed E-state index contributed by atoms with van der Waals surface area (Å²) in [4.78, 5) is 11.4. The quantitative estimate of drug-likeness (QED) is 0.757. The summed E-state index contributed by atoms with van der Waals surface area (Å²) in [6.07, 6.45) is 1.77. The molecule has 0 spiro atoms. The topological polar surface area (TPSA) is 65.5 Å². The maximum Gasteiger partial charge on any atom is 0.323 e. The lowest BCUT2D eigenvalue weighted by molar-refractivity contribution is -0.143. The van der Waals surface area contributed by atoms with E-state index in [1.807, 2.05) is 19.1 Å². The Labute approximate surface area is 88.4 Å². The van der Waals surface area contributed by atoms with Crippen molar-refractivity contribution in [1.82, 2.24) is 0 Å². The van der Waals surface area contributed by atoms with Crippen LogP contribution in [-0.2, 0) is 14.9 Å². The third-order valence-corrected chi connectivity index (χ3v) is 3.07. The Balaban J connectivity index is 2.24. The summed E-state index contributed by atoms with van der Waals surface area (Å²) in [6, 6.07) is 3.16. The number of nitrogens with two attached hydrogens (primary N) is 1. The largest absolute Gasteiger partial charge is 0.468 e. The average Bonchev–Trinajstić information content (AvgIpc) is 2.94. The van der Waals surface area contributed by atoms with E-state index in [1.54, 1.807) is 0 Å². The number of aryl methyl sites for hydroxylation is 1. The minimum absolute atomic E-state index is 0.318. The summed E-state index contributed by atoms with van der Waals surface area (Å²) in [5.74, 6) is 1.27. The summed E-state index contributed by atoms with van der Waals surface area (Å²) in [6.45, 7) is 1.88. The van der Waals surface area contributed by atoms with Crippen LogP contribution >= 0.6 is 0 Å². The first-order chi connectivity index (χ1) is 7.10. The van der Waals surface area contributed by atoms with E-state index in [0.717, 1.165) is 24.4 Å². The molecule has 0 radical (unpaired) electrons. The minimum Gasteiger partial charge on any atom is -0.468 e. The Morgan fingerprint density at radius 2 is 2.27 bits per heavy atom. The molecule has 1 aromatic heterocycles. The number of furan rings is 1. The van der Waals surface area contributed by atoms with Crippen LogP contribution in [0.3, 0.4) is 0 Å². The van der Waals surface area contributed by atoms with Crippen molar-refractivity contribution in [1.29, 1.82) is 0 Å². The number of hydrogen-bond donors (Lipinski definition) is 1. The molecule has 0 bridgehead atoms. The van der Waals surface area contributed by atoms with E-state index in [9.17, 15) is 4.79 Å². The molecule has 82 valence electrons. The molecule has 1 fully saturated rings. The van der Waals surface area contributed by atoms with Crippen LogP contribution in [0, 0.1) is 6.92 Å². The van der Waals surface area contributed by atoms with Gasteiger partial charge in [0.2, 0.25) is 0 Å². The fraction of sp³-hybridized carbons (Fsp3) is 0.545. The van der Waals surface area contributed by atoms with E-state index in [2.05, 4.69) is 4.74 Å². The molecular weight excluding hydrogens is 194 g/mol. The number of hydrogen-bond acceptors (Lipinski definition) is 4. The Morgan fingerprint density at radius 3 is 2.67 bits per heavy atom. The first-order valence-electron chi connectivity index (χ1n) is 5.00. The summed E-state index contributed by atoms with van der Waals surface area (Å²) in [7, 11) is 1.35. The summed E-state index contributed by atoms with van der Waals surface area (Å²) >= 11 is 0. The minimum atomic E-state index is -0.618. The van der Waals surface area contributed by atoms with Crippen LogP contribution in [0.2, 0.25) is 0 Å². The molecule has 1 aliphatic rings. The summed E-state index contributed by atoms with van der Waals surface area (Å²) in [5.41, 5.74) is 5.56. The molecule has 1 aliphatic carbocycles. The Morgan fingerprint density at radius 1 is 1.60 bits per heavy atom. The van der Waals surface area contributed by atoms with Crippen molar-refractivity contribution < 1.29 is 13.9 Å². The van der Waals surface area contributed by atoms with E-state index >= 15 is 0 Å². The van der Waals surface area contributed by atoms with Crippen molar-refractivity contribution in [3.63, 3.8) is 0 Å². The summed E-state index contributed by atoms with van der Waals surface area (Å²) < 4.78 is 10.2. The van der Waals surface area contributed by atoms with Crippen molar-refractivity contribution in [3.05, 3.63) is 23.7 Å². The average molecular weight is 209 g/mol. The molecule has 0 aromatic carbocycles. The third-order valence-electron chi connectivity index (χ3n) is 3.07. The lowest BCUT2D eigenvalue weighted by Gasteiger charge is -2.18. The van der Waals surface area contributed by atoms with Crippen LogP contribution in [0.4, 0.5) is 0 Å². The molecule has 2 rings (SSSR count). The van der Waals surface area contributed by atoms with Gasteiger partial charge in [-0.1, -0.05) is 0 Å². The Kier molecular flexibility index (Phi) is 2.31. The monoisotopic (exact) mass is 209 g/mol. The molecule has 0 aliphatic heterocycles. The van der Waals surface area contributed by atoms with Crippen LogP contribution in [-0.4, -0.2) is 19.1 Å². The Bertz CT molecular complexity index is 379. The van der Waals surface area contributed by atoms with E-state index in [0.29, 0.717) is 0 Å². The molecule has 4 heteroatoms. The highest BCUT2D eigenvalue weighted by Crippen LogP contribution is 2.51. The van der Waals surface area contributed by atoms with Crippen molar-refractivity contribution in [2.45, 2.75) is 31.2 Å². The smallest absolute Gasteiger partial charge is 0.323 e. The van der Waals surface area contributed by atoms with Crippen LogP contribution in [0.15, 0.2) is 16.5 Å². The first kappa shape index (κ1) is 10.2. The first-order valence-corrected chi connectivity index (χ1v) is 5.00. The van der Waals surface area contributed by atoms with Gasteiger partial charge in [-0.2, -0.15) is 0 Å². The molecular formula is C11H15NO3. The second-order valence-electron chi connectivity index (χ2n) is 4.07. The lowest BCUT2D eigenvalue weighted by atomic mass is 9.94. The van der Waals surface area contributed by atoms with Crippen molar-refractivity contribution >= 4 is 5.97 Å². The highest BCUT2D eigenvalue weighted by molar-refractivity contribution is 5.78. The second kappa shape index (κ2) is 3.38. The number of ether oxygens (including phenoxy) is 1. The number of esters is 1. The second-order valence-corrected chi connectivity index (χ2v) is 4.07. The van der Waals surface area contributed by atoms with E-state index < -0.39 is 6.04 Å². The van der Waals surface area contributed by atoms with Gasteiger partial charge in [-0.25, -0.2) is 0 Å². The normalized spacial score (nSPS) is 19.7. The number of rotatable bonds is 3. The molecule has 1 saturated carbocycles. The van der Waals surface area contributed by atoms with Gasteiger partial charge in [-0.05, 0) is 31.9 Å². The van der Waals surface area contributed by atoms with E-state index in [1.165, 1.54) is 7.11 Å². The van der Waals surface area contributed by atoms with Gasteiger partial charge in [0.15, 0.2) is 0 Å². The summed E-state index contributed by atoms with van der Waals surface area (Å²) in [5, 5.41) is 0. The molecule has 0 amide bonds. The van der Waals surface area contributed by atoms with Gasteiger partial charge in [0.1, 0.15) is 17.6 Å². The SMILES string of the molecule is COC(=O)C(N)C1(c2ccc(C)o2)CC1. The van der Waals surface area contributed by atoms with Gasteiger partial charge < -0.3 is 14.9 Å². The highest BCUT2D eigenvalue weighted by atomic mass is 16.5. The molecule has 2 N–H and O–H groups in total. The van der Waals surface area contributed by atoms with Crippen molar-refractivity contribution in [2.75, 3.05) is 7.11 Å². The molecule has 1 atom stereocenters. The van der Waals surface area contributed by atoms with Crippen molar-refractivity contribution in [2.24, 2.45) is 5.73 Å². The van der Waals surface area contributed by atoms with Gasteiger partial charge in [0.25, 0.3) is 0 Å². The fourth-order valence-electron chi connectivity index (χ4n) is 1.90. The maximum absolute atomic E-state index is 11.4. The van der Waals surface area contributed by atoms with Gasteiger partial charge in [-0.15, -0.1) is 0 Å². The van der Waals surface area contributed by atoms with E-state index in [4.69, 9.17) is 10.2 Å². The molecule has 4 nitrogen and oxygen atoms in total. The molecule has 1 unspecified atom stereocenters. The fourth-order valence-corrected chi connectivity index (χ4v) is 1.90. The zero-order valence-electron chi connectivity index (χ0n) is 8.95. The van der Waals surface area contributed by atoms with Gasteiger partial charge in [0, 0.05) is 0 Å². The van der Waals surface area contributed by atoms with Gasteiger partial charge >= 0.3 is 5.97 Å². The van der Waals surface area contributed by atoms with Crippen LogP contribution in [0.1, 0.15) is 24.4 Å². The molecule has 15 heavy (non-hydrogen) atoms. The lowest BCUT2D eigenvalue weighted by Crippen LogP contribution is -2.42. The van der Waals surface area contributed by atoms with Crippen LogP contribution in [0.25, 0.3) is 0 Å². The molecule has 1 heterocycles. The van der Waals surface area contributed by atoms with Crippen LogP contribution in [0.5, 0.6) is 0 Å². The van der Waals surface area contributed by atoms with E-state index in [-0.39, 0.29) is 11.4 Å². The number of carbonyl (C=O) groups is 1. The predicted octanol–water partition coefficient (Wildman–Crippen LogP) is 1.12. The van der Waals surface area contributed by atoms with Crippen LogP contribution < -0.4 is 5.73 Å². The van der Waals surface area contributed by atoms with Crippen molar-refractivity contribution in [3.8, 4) is 0 Å². The highest BCUT2D eigenvalue weighted by Gasteiger charge is 2.55. The van der Waals surface area contributed by atoms with Gasteiger partial charge in [0.05, 0.1) is 12.5 Å². The Hall–Kier alpha value is -1.29. The third kappa shape index (κ3) is 1.55. The van der Waals surface area contributed by atoms with Gasteiger partial charge in [-0.3, -0.25) is 4.79 Å². The molecule has 1 aromatic rings. The number of methoxy groups -OCH3 is 1. The zero-order chi connectivity index (χ0) is 11.1.